The molecular formula is C12H27BO3. The summed E-state index contributed by atoms with van der Waals surface area (Å²) in [5, 5.41) is 0. The molecule has 16 heavy (non-hydrogen) atoms. The van der Waals surface area contributed by atoms with Crippen molar-refractivity contribution in [3.05, 3.63) is 0 Å². The van der Waals surface area contributed by atoms with Gasteiger partial charge in [0.1, 0.15) is 0 Å². The van der Waals surface area contributed by atoms with Crippen molar-refractivity contribution in [3.63, 3.8) is 0 Å². The first-order valence-electron chi connectivity index (χ1n) is 6.55. The van der Waals surface area contributed by atoms with Crippen LogP contribution in [0.15, 0.2) is 0 Å². The first-order chi connectivity index (χ1) is 7.70. The lowest BCUT2D eigenvalue weighted by Gasteiger charge is -2.15. The molecule has 0 radical (unpaired) electrons. The molecule has 0 saturated heterocycles. The minimum atomic E-state index is -0.472. The SMILES string of the molecule is CCCCOB(OCCCC)OCC(C)C. The monoisotopic (exact) mass is 230 g/mol. The summed E-state index contributed by atoms with van der Waals surface area (Å²) in [7, 11) is -0.472. The van der Waals surface area contributed by atoms with Crippen molar-refractivity contribution in [2.45, 2.75) is 53.4 Å². The van der Waals surface area contributed by atoms with Gasteiger partial charge in [0.2, 0.25) is 0 Å². The van der Waals surface area contributed by atoms with Crippen LogP contribution < -0.4 is 0 Å². The predicted molar refractivity (Wildman–Crippen MR) is 68.3 cm³/mol. The van der Waals surface area contributed by atoms with Gasteiger partial charge in [0.25, 0.3) is 0 Å². The second-order valence-corrected chi connectivity index (χ2v) is 4.46. The van der Waals surface area contributed by atoms with Gasteiger partial charge in [-0.1, -0.05) is 40.5 Å². The summed E-state index contributed by atoms with van der Waals surface area (Å²) in [6.07, 6.45) is 4.37. The van der Waals surface area contributed by atoms with E-state index in [0.717, 1.165) is 25.7 Å². The molecule has 0 aromatic carbocycles. The second-order valence-electron chi connectivity index (χ2n) is 4.46. The largest absolute Gasteiger partial charge is 0.639 e. The lowest BCUT2D eigenvalue weighted by molar-refractivity contribution is 0.0820. The Morgan fingerprint density at radius 1 is 0.875 bits per heavy atom. The van der Waals surface area contributed by atoms with Crippen LogP contribution in [0.25, 0.3) is 0 Å². The molecule has 0 spiro atoms. The minimum Gasteiger partial charge on any atom is -0.386 e. The van der Waals surface area contributed by atoms with E-state index in [9.17, 15) is 0 Å². The minimum absolute atomic E-state index is 0.472. The highest BCUT2D eigenvalue weighted by Crippen LogP contribution is 2.01. The van der Waals surface area contributed by atoms with Crippen molar-refractivity contribution in [1.29, 1.82) is 0 Å². The zero-order chi connectivity index (χ0) is 12.2. The molecule has 0 aromatic heterocycles. The molecule has 3 nitrogen and oxygen atoms in total. The van der Waals surface area contributed by atoms with E-state index >= 15 is 0 Å². The van der Waals surface area contributed by atoms with E-state index in [-0.39, 0.29) is 0 Å². The van der Waals surface area contributed by atoms with Crippen molar-refractivity contribution in [1.82, 2.24) is 0 Å². The Balaban J connectivity index is 3.67. The van der Waals surface area contributed by atoms with Gasteiger partial charge in [0.05, 0.1) is 0 Å². The maximum absolute atomic E-state index is 5.55. The Morgan fingerprint density at radius 3 is 1.75 bits per heavy atom. The quantitative estimate of drug-likeness (QED) is 0.402. The van der Waals surface area contributed by atoms with E-state index < -0.39 is 7.32 Å². The van der Waals surface area contributed by atoms with Crippen molar-refractivity contribution < 1.29 is 14.0 Å². The number of unbranched alkanes of at least 4 members (excludes halogenated alkanes) is 2. The van der Waals surface area contributed by atoms with Crippen LogP contribution in [0.2, 0.25) is 0 Å². The third-order valence-corrected chi connectivity index (χ3v) is 2.07. The number of rotatable bonds is 11. The van der Waals surface area contributed by atoms with Gasteiger partial charge in [-0.3, -0.25) is 0 Å². The van der Waals surface area contributed by atoms with Gasteiger partial charge in [-0.2, -0.15) is 0 Å². The molecule has 0 unspecified atom stereocenters. The van der Waals surface area contributed by atoms with Crippen LogP contribution in [-0.4, -0.2) is 27.1 Å². The van der Waals surface area contributed by atoms with E-state index in [1.54, 1.807) is 0 Å². The smallest absolute Gasteiger partial charge is 0.386 e. The third kappa shape index (κ3) is 10.5. The summed E-state index contributed by atoms with van der Waals surface area (Å²) in [6, 6.07) is 0. The summed E-state index contributed by atoms with van der Waals surface area (Å²) in [4.78, 5) is 0. The molecule has 0 aliphatic rings. The average Bonchev–Trinajstić information content (AvgIpc) is 2.25. The summed E-state index contributed by atoms with van der Waals surface area (Å²) >= 11 is 0. The fourth-order valence-corrected chi connectivity index (χ4v) is 1.06. The van der Waals surface area contributed by atoms with E-state index in [0.29, 0.717) is 25.7 Å². The van der Waals surface area contributed by atoms with Gasteiger partial charge < -0.3 is 14.0 Å². The lowest BCUT2D eigenvalue weighted by Crippen LogP contribution is -2.29. The van der Waals surface area contributed by atoms with Crippen LogP contribution in [0.3, 0.4) is 0 Å². The van der Waals surface area contributed by atoms with Gasteiger partial charge >= 0.3 is 7.32 Å². The summed E-state index contributed by atoms with van der Waals surface area (Å²) in [5.74, 6) is 0.507. The summed E-state index contributed by atoms with van der Waals surface area (Å²) in [5.41, 5.74) is 0. The molecule has 0 bridgehead atoms. The van der Waals surface area contributed by atoms with Gasteiger partial charge in [-0.25, -0.2) is 0 Å². The molecule has 96 valence electrons. The highest BCUT2D eigenvalue weighted by atomic mass is 16.7. The molecule has 0 fully saturated rings. The molecule has 0 aromatic rings. The van der Waals surface area contributed by atoms with Gasteiger partial charge in [-0.15, -0.1) is 0 Å². The Labute approximate surface area is 101 Å². The fourth-order valence-electron chi connectivity index (χ4n) is 1.06. The van der Waals surface area contributed by atoms with Gasteiger partial charge in [-0.05, 0) is 18.8 Å². The first-order valence-corrected chi connectivity index (χ1v) is 6.55. The Hall–Kier alpha value is -0.0551. The van der Waals surface area contributed by atoms with Crippen LogP contribution in [0.4, 0.5) is 0 Å². The van der Waals surface area contributed by atoms with E-state index in [4.69, 9.17) is 14.0 Å². The molecule has 0 saturated carbocycles. The van der Waals surface area contributed by atoms with Crippen LogP contribution in [0, 0.1) is 5.92 Å². The molecule has 4 heteroatoms. The molecule has 0 rings (SSSR count). The fraction of sp³-hybridized carbons (Fsp3) is 1.00. The highest BCUT2D eigenvalue weighted by molar-refractivity contribution is 6.36. The van der Waals surface area contributed by atoms with Gasteiger partial charge in [0.15, 0.2) is 0 Å². The van der Waals surface area contributed by atoms with E-state index in [1.165, 1.54) is 0 Å². The third-order valence-electron chi connectivity index (χ3n) is 2.07. The maximum Gasteiger partial charge on any atom is 0.639 e. The van der Waals surface area contributed by atoms with Crippen molar-refractivity contribution >= 4 is 7.32 Å². The Bertz CT molecular complexity index is 132. The summed E-state index contributed by atoms with van der Waals surface area (Å²) in [6.45, 7) is 10.6. The van der Waals surface area contributed by atoms with Crippen LogP contribution in [0.5, 0.6) is 0 Å². The highest BCUT2D eigenvalue weighted by Gasteiger charge is 2.21. The molecule has 0 N–H and O–H groups in total. The van der Waals surface area contributed by atoms with Crippen LogP contribution >= 0.6 is 0 Å². The van der Waals surface area contributed by atoms with Gasteiger partial charge in [0, 0.05) is 19.8 Å². The van der Waals surface area contributed by atoms with Crippen LogP contribution in [-0.2, 0) is 14.0 Å². The van der Waals surface area contributed by atoms with Crippen molar-refractivity contribution in [3.8, 4) is 0 Å². The molecule has 0 aliphatic carbocycles. The van der Waals surface area contributed by atoms with Crippen molar-refractivity contribution in [2.75, 3.05) is 19.8 Å². The number of hydrogen-bond acceptors (Lipinski definition) is 3. The molecular weight excluding hydrogens is 203 g/mol. The van der Waals surface area contributed by atoms with E-state index in [1.807, 2.05) is 0 Å². The van der Waals surface area contributed by atoms with E-state index in [2.05, 4.69) is 27.7 Å². The topological polar surface area (TPSA) is 27.7 Å². The second kappa shape index (κ2) is 11.4. The predicted octanol–water partition coefficient (Wildman–Crippen LogP) is 3.28. The summed E-state index contributed by atoms with van der Waals surface area (Å²) < 4.78 is 16.6. The number of hydrogen-bond donors (Lipinski definition) is 0. The van der Waals surface area contributed by atoms with Crippen molar-refractivity contribution in [2.24, 2.45) is 5.92 Å². The standard InChI is InChI=1S/C12H27BO3/c1-5-7-9-14-13(15-10-8-6-2)16-11-12(3)4/h12H,5-11H2,1-4H3. The van der Waals surface area contributed by atoms with Crippen LogP contribution in [0.1, 0.15) is 53.4 Å². The zero-order valence-electron chi connectivity index (χ0n) is 11.3. The maximum atomic E-state index is 5.55. The molecule has 0 amide bonds. The average molecular weight is 230 g/mol. The lowest BCUT2D eigenvalue weighted by atomic mass is 10.2. The normalized spacial score (nSPS) is 11.1. The zero-order valence-corrected chi connectivity index (χ0v) is 11.3. The molecule has 0 atom stereocenters. The molecule has 0 heterocycles. The Kier molecular flexibility index (Phi) is 11.4. The Morgan fingerprint density at radius 2 is 1.38 bits per heavy atom. The first kappa shape index (κ1) is 15.9. The molecule has 0 aliphatic heterocycles.